The molecule has 25 heavy (non-hydrogen) atoms. The number of nitrogens with one attached hydrogen (secondary N) is 1. The van der Waals surface area contributed by atoms with Gasteiger partial charge in [0.05, 0.1) is 5.25 Å². The molecule has 0 fully saturated rings. The molecule has 130 valence electrons. The van der Waals surface area contributed by atoms with Crippen LogP contribution in [0.15, 0.2) is 35.5 Å². The zero-order valence-electron chi connectivity index (χ0n) is 14.1. The minimum atomic E-state index is -0.323. The fourth-order valence-corrected chi connectivity index (χ4v) is 3.57. The van der Waals surface area contributed by atoms with Crippen LogP contribution in [0, 0.1) is 6.92 Å². The van der Waals surface area contributed by atoms with E-state index in [1.807, 2.05) is 43.7 Å². The van der Waals surface area contributed by atoms with Crippen molar-refractivity contribution in [2.75, 3.05) is 5.32 Å². The van der Waals surface area contributed by atoms with Gasteiger partial charge >= 0.3 is 0 Å². The van der Waals surface area contributed by atoms with Gasteiger partial charge in [0.15, 0.2) is 5.16 Å². The summed E-state index contributed by atoms with van der Waals surface area (Å²) in [4.78, 5) is 12.3. The lowest BCUT2D eigenvalue weighted by Crippen LogP contribution is -2.22. The summed E-state index contributed by atoms with van der Waals surface area (Å²) in [5, 5.41) is 20.8. The molecular formula is C16H18N6OS2. The van der Waals surface area contributed by atoms with E-state index in [1.54, 1.807) is 0 Å². The smallest absolute Gasteiger partial charge is 0.239 e. The van der Waals surface area contributed by atoms with E-state index in [0.717, 1.165) is 10.8 Å². The molecule has 0 saturated carbocycles. The van der Waals surface area contributed by atoms with Crippen LogP contribution in [-0.2, 0) is 18.3 Å². The highest BCUT2D eigenvalue weighted by atomic mass is 32.2. The van der Waals surface area contributed by atoms with Crippen molar-refractivity contribution in [2.45, 2.75) is 30.7 Å². The minimum absolute atomic E-state index is 0.131. The Morgan fingerprint density at radius 1 is 1.24 bits per heavy atom. The predicted molar refractivity (Wildman–Crippen MR) is 98.8 cm³/mol. The number of thioether (sulfide) groups is 1. The van der Waals surface area contributed by atoms with Crippen molar-refractivity contribution in [1.29, 1.82) is 0 Å². The SMILES string of the molecule is Cc1nnc(NC(=O)[C@H](C)Sc2nnc(Cc3ccccc3)n2C)s1. The van der Waals surface area contributed by atoms with Crippen molar-refractivity contribution in [1.82, 2.24) is 25.0 Å². The van der Waals surface area contributed by atoms with Gasteiger partial charge in [0.2, 0.25) is 11.0 Å². The monoisotopic (exact) mass is 374 g/mol. The third kappa shape index (κ3) is 4.43. The zero-order chi connectivity index (χ0) is 17.8. The van der Waals surface area contributed by atoms with Crippen LogP contribution in [0.5, 0.6) is 0 Å². The maximum atomic E-state index is 12.3. The van der Waals surface area contributed by atoms with Gasteiger partial charge in [-0.2, -0.15) is 0 Å². The Kier molecular flexibility index (Phi) is 5.44. The van der Waals surface area contributed by atoms with Gasteiger partial charge in [-0.1, -0.05) is 53.4 Å². The molecule has 9 heteroatoms. The molecule has 0 spiro atoms. The third-order valence-corrected chi connectivity index (χ3v) is 5.43. The van der Waals surface area contributed by atoms with Crippen molar-refractivity contribution >= 4 is 34.1 Å². The number of aromatic nitrogens is 5. The number of carbonyl (C=O) groups excluding carboxylic acids is 1. The van der Waals surface area contributed by atoms with Gasteiger partial charge in [0.1, 0.15) is 10.8 Å². The molecule has 0 aliphatic rings. The number of benzene rings is 1. The van der Waals surface area contributed by atoms with Crippen LogP contribution >= 0.6 is 23.1 Å². The second-order valence-corrected chi connectivity index (χ2v) is 7.99. The van der Waals surface area contributed by atoms with Gasteiger partial charge < -0.3 is 4.57 Å². The van der Waals surface area contributed by atoms with Gasteiger partial charge in [0.25, 0.3) is 0 Å². The molecule has 0 radical (unpaired) electrons. The number of carbonyl (C=O) groups is 1. The number of hydrogen-bond donors (Lipinski definition) is 1. The quantitative estimate of drug-likeness (QED) is 0.668. The van der Waals surface area contributed by atoms with Gasteiger partial charge in [-0.05, 0) is 19.4 Å². The average Bonchev–Trinajstić information content (AvgIpc) is 3.16. The van der Waals surface area contributed by atoms with E-state index < -0.39 is 0 Å². The summed E-state index contributed by atoms with van der Waals surface area (Å²) in [7, 11) is 1.92. The van der Waals surface area contributed by atoms with E-state index in [0.29, 0.717) is 16.7 Å². The average molecular weight is 374 g/mol. The van der Waals surface area contributed by atoms with Gasteiger partial charge in [-0.25, -0.2) is 0 Å². The van der Waals surface area contributed by atoms with Crippen LogP contribution in [-0.4, -0.2) is 36.1 Å². The van der Waals surface area contributed by atoms with E-state index >= 15 is 0 Å². The number of nitrogens with zero attached hydrogens (tertiary/aromatic N) is 5. The standard InChI is InChI=1S/C16H18N6OS2/c1-10(14(23)17-15-20-18-11(2)25-15)24-16-21-19-13(22(16)3)9-12-7-5-4-6-8-12/h4-8,10H,9H2,1-3H3,(H,17,20,23)/t10-/m0/s1. The first-order chi connectivity index (χ1) is 12.0. The number of hydrogen-bond acceptors (Lipinski definition) is 7. The van der Waals surface area contributed by atoms with E-state index in [-0.39, 0.29) is 11.2 Å². The van der Waals surface area contributed by atoms with E-state index in [2.05, 4.69) is 37.8 Å². The Balaban J connectivity index is 1.63. The first kappa shape index (κ1) is 17.6. The molecule has 1 aromatic carbocycles. The van der Waals surface area contributed by atoms with Crippen LogP contribution in [0.25, 0.3) is 0 Å². The fraction of sp³-hybridized carbons (Fsp3) is 0.312. The maximum Gasteiger partial charge on any atom is 0.239 e. The molecule has 0 unspecified atom stereocenters. The van der Waals surface area contributed by atoms with E-state index in [9.17, 15) is 4.79 Å². The summed E-state index contributed by atoms with van der Waals surface area (Å²) in [6.45, 7) is 3.68. The molecule has 3 rings (SSSR count). The molecule has 0 aliphatic carbocycles. The van der Waals surface area contributed by atoms with Crippen LogP contribution in [0.2, 0.25) is 0 Å². The highest BCUT2D eigenvalue weighted by Gasteiger charge is 2.20. The second kappa shape index (κ2) is 7.75. The van der Waals surface area contributed by atoms with Crippen molar-refractivity contribution in [2.24, 2.45) is 7.05 Å². The van der Waals surface area contributed by atoms with Gasteiger partial charge in [0, 0.05) is 13.5 Å². The summed E-state index contributed by atoms with van der Waals surface area (Å²) in [5.41, 5.74) is 1.17. The first-order valence-electron chi connectivity index (χ1n) is 7.72. The Morgan fingerprint density at radius 3 is 2.68 bits per heavy atom. The lowest BCUT2D eigenvalue weighted by molar-refractivity contribution is -0.115. The molecule has 2 heterocycles. The van der Waals surface area contributed by atoms with Gasteiger partial charge in [-0.3, -0.25) is 10.1 Å². The van der Waals surface area contributed by atoms with E-state index in [1.165, 1.54) is 28.7 Å². The molecule has 1 N–H and O–H groups in total. The van der Waals surface area contributed by atoms with Crippen molar-refractivity contribution < 1.29 is 4.79 Å². The fourth-order valence-electron chi connectivity index (χ4n) is 2.15. The predicted octanol–water partition coefficient (Wildman–Crippen LogP) is 2.69. The van der Waals surface area contributed by atoms with Crippen LogP contribution in [0.3, 0.4) is 0 Å². The zero-order valence-corrected chi connectivity index (χ0v) is 15.8. The summed E-state index contributed by atoms with van der Waals surface area (Å²) in [6, 6.07) is 10.1. The summed E-state index contributed by atoms with van der Waals surface area (Å²) < 4.78 is 1.93. The number of amides is 1. The highest BCUT2D eigenvalue weighted by molar-refractivity contribution is 8.00. The highest BCUT2D eigenvalue weighted by Crippen LogP contribution is 2.24. The van der Waals surface area contributed by atoms with Crippen LogP contribution in [0.4, 0.5) is 5.13 Å². The summed E-state index contributed by atoms with van der Waals surface area (Å²) in [6.07, 6.45) is 0.704. The van der Waals surface area contributed by atoms with Crippen molar-refractivity contribution in [3.05, 3.63) is 46.7 Å². The topological polar surface area (TPSA) is 85.6 Å². The number of anilines is 1. The summed E-state index contributed by atoms with van der Waals surface area (Å²) >= 11 is 2.72. The Morgan fingerprint density at radius 2 is 2.00 bits per heavy atom. The van der Waals surface area contributed by atoms with E-state index in [4.69, 9.17) is 0 Å². The maximum absolute atomic E-state index is 12.3. The number of aryl methyl sites for hydroxylation is 1. The normalized spacial score (nSPS) is 12.1. The molecule has 1 amide bonds. The van der Waals surface area contributed by atoms with Gasteiger partial charge in [-0.15, -0.1) is 20.4 Å². The number of rotatable bonds is 6. The first-order valence-corrected chi connectivity index (χ1v) is 9.42. The van der Waals surface area contributed by atoms with Crippen LogP contribution in [0.1, 0.15) is 23.3 Å². The molecule has 1 atom stereocenters. The van der Waals surface area contributed by atoms with Crippen LogP contribution < -0.4 is 5.32 Å². The second-order valence-electron chi connectivity index (χ2n) is 5.50. The van der Waals surface area contributed by atoms with Crippen molar-refractivity contribution in [3.63, 3.8) is 0 Å². The molecule has 2 aromatic heterocycles. The van der Waals surface area contributed by atoms with Crippen molar-refractivity contribution in [3.8, 4) is 0 Å². The minimum Gasteiger partial charge on any atom is -0.309 e. The molecule has 0 aliphatic heterocycles. The largest absolute Gasteiger partial charge is 0.309 e. The molecule has 3 aromatic rings. The molecule has 7 nitrogen and oxygen atoms in total. The lowest BCUT2D eigenvalue weighted by atomic mass is 10.1. The Labute approximate surface area is 153 Å². The molecule has 0 saturated heterocycles. The molecule has 0 bridgehead atoms. The molecular weight excluding hydrogens is 356 g/mol. The lowest BCUT2D eigenvalue weighted by Gasteiger charge is -2.10. The third-order valence-electron chi connectivity index (χ3n) is 3.54. The Bertz CT molecular complexity index is 861. The Hall–Kier alpha value is -2.26. The summed E-state index contributed by atoms with van der Waals surface area (Å²) in [5.74, 6) is 0.731.